The predicted molar refractivity (Wildman–Crippen MR) is 86.7 cm³/mol. The topological polar surface area (TPSA) is 125 Å². The molecule has 7 heteroatoms. The van der Waals surface area contributed by atoms with E-state index in [1.165, 1.54) is 36.2 Å². The van der Waals surface area contributed by atoms with Crippen LogP contribution >= 0.6 is 0 Å². The Morgan fingerprint density at radius 2 is 1.08 bits per heavy atom. The van der Waals surface area contributed by atoms with Gasteiger partial charge in [-0.1, -0.05) is 12.1 Å². The molecule has 0 spiro atoms. The third kappa shape index (κ3) is 4.29. The van der Waals surface area contributed by atoms with Gasteiger partial charge in [0.2, 0.25) is 0 Å². The van der Waals surface area contributed by atoms with Gasteiger partial charge in [0.05, 0.1) is 0 Å². The van der Waals surface area contributed by atoms with E-state index in [1.807, 2.05) is 0 Å². The molecule has 2 aromatic carbocycles. The summed E-state index contributed by atoms with van der Waals surface area (Å²) < 4.78 is 0. The maximum absolute atomic E-state index is 10.2. The third-order valence-corrected chi connectivity index (χ3v) is 3.86. The number of benzene rings is 2. The van der Waals surface area contributed by atoms with Crippen molar-refractivity contribution in [2.24, 2.45) is 0 Å². The molecule has 2 unspecified atom stereocenters. The van der Waals surface area contributed by atoms with E-state index < -0.39 is 12.5 Å². The van der Waals surface area contributed by atoms with E-state index in [4.69, 9.17) is 0 Å². The fraction of sp³-hybridized carbons (Fsp3) is 0.294. The summed E-state index contributed by atoms with van der Waals surface area (Å²) in [5.41, 5.74) is 1.19. The van der Waals surface area contributed by atoms with Crippen LogP contribution in [0.4, 0.5) is 0 Å². The standard InChI is InChI=1S/C17H21NO6/c1-18(16(23)8-10-2-4-12(19)14(21)6-10)17(24)9-11-3-5-13(20)15(22)7-11/h2-7,16-17,19-24H,8-9H2,1H3. The van der Waals surface area contributed by atoms with E-state index >= 15 is 0 Å². The van der Waals surface area contributed by atoms with E-state index in [-0.39, 0.29) is 35.8 Å². The minimum atomic E-state index is -1.02. The maximum atomic E-state index is 10.2. The van der Waals surface area contributed by atoms with Gasteiger partial charge in [-0.25, -0.2) is 0 Å². The van der Waals surface area contributed by atoms with Crippen molar-refractivity contribution >= 4 is 0 Å². The van der Waals surface area contributed by atoms with Crippen LogP contribution in [-0.4, -0.2) is 55.0 Å². The minimum absolute atomic E-state index is 0.141. The average molecular weight is 335 g/mol. The highest BCUT2D eigenvalue weighted by Crippen LogP contribution is 2.27. The minimum Gasteiger partial charge on any atom is -0.504 e. The van der Waals surface area contributed by atoms with E-state index in [0.717, 1.165) is 0 Å². The first-order chi connectivity index (χ1) is 11.3. The van der Waals surface area contributed by atoms with E-state index in [9.17, 15) is 30.6 Å². The molecule has 0 aromatic heterocycles. The molecule has 0 amide bonds. The quantitative estimate of drug-likeness (QED) is 0.342. The van der Waals surface area contributed by atoms with Crippen LogP contribution < -0.4 is 0 Å². The molecule has 2 rings (SSSR count). The molecule has 0 aliphatic rings. The first kappa shape index (κ1) is 17.9. The van der Waals surface area contributed by atoms with Gasteiger partial charge < -0.3 is 30.6 Å². The molecule has 7 nitrogen and oxygen atoms in total. The number of phenolic OH excluding ortho intramolecular Hbond substituents is 4. The molecule has 0 saturated heterocycles. The van der Waals surface area contributed by atoms with Crippen molar-refractivity contribution in [3.05, 3.63) is 47.5 Å². The van der Waals surface area contributed by atoms with Crippen molar-refractivity contribution < 1.29 is 30.6 Å². The molecule has 0 bridgehead atoms. The Hall–Kier alpha value is -2.48. The van der Waals surface area contributed by atoms with Gasteiger partial charge in [0, 0.05) is 12.8 Å². The van der Waals surface area contributed by atoms with Crippen molar-refractivity contribution in [3.63, 3.8) is 0 Å². The second-order valence-electron chi connectivity index (χ2n) is 5.68. The molecule has 0 fully saturated rings. The monoisotopic (exact) mass is 335 g/mol. The molecular weight excluding hydrogens is 314 g/mol. The van der Waals surface area contributed by atoms with Gasteiger partial charge in [0.25, 0.3) is 0 Å². The van der Waals surface area contributed by atoms with Gasteiger partial charge in [-0.05, 0) is 42.4 Å². The number of aliphatic hydroxyl groups is 2. The van der Waals surface area contributed by atoms with Crippen LogP contribution in [-0.2, 0) is 12.8 Å². The highest BCUT2D eigenvalue weighted by atomic mass is 16.3. The summed E-state index contributed by atoms with van der Waals surface area (Å²) in [5, 5.41) is 57.9. The molecule has 24 heavy (non-hydrogen) atoms. The van der Waals surface area contributed by atoms with Crippen LogP contribution in [0.3, 0.4) is 0 Å². The highest BCUT2D eigenvalue weighted by molar-refractivity contribution is 5.41. The Morgan fingerprint density at radius 1 is 0.708 bits per heavy atom. The largest absolute Gasteiger partial charge is 0.504 e. The number of phenols is 4. The Bertz CT molecular complexity index is 646. The molecule has 2 aromatic rings. The van der Waals surface area contributed by atoms with E-state index in [2.05, 4.69) is 0 Å². The summed E-state index contributed by atoms with van der Waals surface area (Å²) in [4.78, 5) is 1.34. The SMILES string of the molecule is CN(C(O)Cc1ccc(O)c(O)c1)C(O)Cc1ccc(O)c(O)c1. The number of aromatic hydroxyl groups is 4. The smallest absolute Gasteiger partial charge is 0.157 e. The fourth-order valence-corrected chi connectivity index (χ4v) is 2.30. The van der Waals surface area contributed by atoms with Gasteiger partial charge in [0.1, 0.15) is 12.5 Å². The second kappa shape index (κ2) is 7.39. The molecular formula is C17H21NO6. The first-order valence-corrected chi connectivity index (χ1v) is 7.37. The number of hydrogen-bond acceptors (Lipinski definition) is 7. The van der Waals surface area contributed by atoms with Gasteiger partial charge in [-0.2, -0.15) is 0 Å². The molecule has 0 radical (unpaired) electrons. The van der Waals surface area contributed by atoms with E-state index in [0.29, 0.717) is 11.1 Å². The molecule has 130 valence electrons. The van der Waals surface area contributed by atoms with E-state index in [1.54, 1.807) is 12.1 Å². The lowest BCUT2D eigenvalue weighted by atomic mass is 10.1. The van der Waals surface area contributed by atoms with Crippen molar-refractivity contribution in [1.82, 2.24) is 4.90 Å². The Balaban J connectivity index is 1.99. The first-order valence-electron chi connectivity index (χ1n) is 7.37. The summed E-state index contributed by atoms with van der Waals surface area (Å²) in [6.45, 7) is 0. The van der Waals surface area contributed by atoms with Crippen LogP contribution in [0, 0.1) is 0 Å². The summed E-state index contributed by atoms with van der Waals surface area (Å²) in [6.07, 6.45) is -1.76. The molecule has 0 aliphatic heterocycles. The highest BCUT2D eigenvalue weighted by Gasteiger charge is 2.20. The number of rotatable bonds is 6. The molecule has 2 atom stereocenters. The summed E-state index contributed by atoms with van der Waals surface area (Å²) in [7, 11) is 1.54. The lowest BCUT2D eigenvalue weighted by Crippen LogP contribution is -2.42. The zero-order valence-electron chi connectivity index (χ0n) is 13.2. The zero-order valence-corrected chi connectivity index (χ0v) is 13.2. The summed E-state index contributed by atoms with van der Waals surface area (Å²) >= 11 is 0. The average Bonchev–Trinajstić information content (AvgIpc) is 2.53. The Morgan fingerprint density at radius 3 is 1.42 bits per heavy atom. The Kier molecular flexibility index (Phi) is 5.50. The molecule has 0 saturated carbocycles. The van der Waals surface area contributed by atoms with Gasteiger partial charge in [-0.15, -0.1) is 0 Å². The van der Waals surface area contributed by atoms with Crippen LogP contribution in [0.15, 0.2) is 36.4 Å². The number of aliphatic hydroxyl groups excluding tert-OH is 2. The van der Waals surface area contributed by atoms with Crippen molar-refractivity contribution in [3.8, 4) is 23.0 Å². The molecule has 0 aliphatic carbocycles. The fourth-order valence-electron chi connectivity index (χ4n) is 2.30. The second-order valence-corrected chi connectivity index (χ2v) is 5.68. The van der Waals surface area contributed by atoms with Gasteiger partial charge in [-0.3, -0.25) is 4.90 Å². The number of hydrogen-bond donors (Lipinski definition) is 6. The molecule has 6 N–H and O–H groups in total. The van der Waals surface area contributed by atoms with Gasteiger partial charge in [0.15, 0.2) is 23.0 Å². The summed E-state index contributed by atoms with van der Waals surface area (Å²) in [5.74, 6) is -1.03. The lowest BCUT2D eigenvalue weighted by molar-refractivity contribution is -0.0836. The Labute approximate surface area is 139 Å². The number of nitrogens with zero attached hydrogens (tertiary/aromatic N) is 1. The predicted octanol–water partition coefficient (Wildman–Crippen LogP) is 0.863. The zero-order chi connectivity index (χ0) is 17.9. The lowest BCUT2D eigenvalue weighted by Gasteiger charge is -2.28. The van der Waals surface area contributed by atoms with Crippen molar-refractivity contribution in [2.45, 2.75) is 25.3 Å². The van der Waals surface area contributed by atoms with Crippen molar-refractivity contribution in [2.75, 3.05) is 7.05 Å². The summed E-state index contributed by atoms with van der Waals surface area (Å²) in [6, 6.07) is 8.47. The maximum Gasteiger partial charge on any atom is 0.157 e. The van der Waals surface area contributed by atoms with Gasteiger partial charge >= 0.3 is 0 Å². The van der Waals surface area contributed by atoms with Crippen LogP contribution in [0.1, 0.15) is 11.1 Å². The molecule has 0 heterocycles. The number of likely N-dealkylation sites (N-methyl/N-ethyl adjacent to an activating group) is 1. The van der Waals surface area contributed by atoms with Crippen LogP contribution in [0.25, 0.3) is 0 Å². The van der Waals surface area contributed by atoms with Crippen molar-refractivity contribution in [1.29, 1.82) is 0 Å². The normalized spacial score (nSPS) is 13.8. The van der Waals surface area contributed by atoms with Crippen LogP contribution in [0.5, 0.6) is 23.0 Å². The van der Waals surface area contributed by atoms with Crippen LogP contribution in [0.2, 0.25) is 0 Å². The third-order valence-electron chi connectivity index (χ3n) is 3.86.